The standard InChI is InChI=1S/C11H10N2OS2/c14-10-9-6-16-7-12(9)11(15)13(10)8-4-2-1-3-5-8/h1-5,9H,6-7H2. The quantitative estimate of drug-likeness (QED) is 0.708. The van der Waals surface area contributed by atoms with Crippen LogP contribution < -0.4 is 4.90 Å². The van der Waals surface area contributed by atoms with E-state index in [2.05, 4.69) is 0 Å². The van der Waals surface area contributed by atoms with Crippen LogP contribution in [0.25, 0.3) is 0 Å². The Morgan fingerprint density at radius 2 is 2.06 bits per heavy atom. The molecule has 5 heteroatoms. The number of anilines is 1. The number of carbonyl (C=O) groups excluding carboxylic acids is 1. The molecule has 2 saturated heterocycles. The van der Waals surface area contributed by atoms with E-state index in [1.165, 1.54) is 0 Å². The van der Waals surface area contributed by atoms with Crippen LogP contribution in [-0.2, 0) is 4.79 Å². The fraction of sp³-hybridized carbons (Fsp3) is 0.273. The van der Waals surface area contributed by atoms with E-state index in [0.29, 0.717) is 5.11 Å². The Kier molecular flexibility index (Phi) is 2.37. The first-order chi connectivity index (χ1) is 7.79. The van der Waals surface area contributed by atoms with Crippen molar-refractivity contribution in [2.24, 2.45) is 0 Å². The summed E-state index contributed by atoms with van der Waals surface area (Å²) in [6, 6.07) is 9.56. The molecule has 2 fully saturated rings. The van der Waals surface area contributed by atoms with Gasteiger partial charge >= 0.3 is 0 Å². The third kappa shape index (κ3) is 1.35. The average molecular weight is 250 g/mol. The molecule has 0 spiro atoms. The number of nitrogens with zero attached hydrogens (tertiary/aromatic N) is 2. The van der Waals surface area contributed by atoms with Gasteiger partial charge in [-0.25, -0.2) is 0 Å². The van der Waals surface area contributed by atoms with Crippen LogP contribution in [0.1, 0.15) is 0 Å². The molecule has 16 heavy (non-hydrogen) atoms. The molecule has 2 heterocycles. The molecule has 82 valence electrons. The van der Waals surface area contributed by atoms with Gasteiger partial charge in [-0.1, -0.05) is 18.2 Å². The van der Waals surface area contributed by atoms with Gasteiger partial charge in [-0.05, 0) is 24.4 Å². The van der Waals surface area contributed by atoms with Gasteiger partial charge in [0.25, 0.3) is 5.91 Å². The minimum atomic E-state index is -0.0438. The van der Waals surface area contributed by atoms with Gasteiger partial charge in [-0.2, -0.15) is 0 Å². The zero-order valence-electron chi connectivity index (χ0n) is 8.50. The Balaban J connectivity index is 1.98. The molecule has 1 amide bonds. The van der Waals surface area contributed by atoms with Gasteiger partial charge in [0.05, 0.1) is 11.6 Å². The molecular formula is C11H10N2OS2. The highest BCUT2D eigenvalue weighted by molar-refractivity contribution is 7.99. The smallest absolute Gasteiger partial charge is 0.256 e. The summed E-state index contributed by atoms with van der Waals surface area (Å²) in [6.07, 6.45) is 0. The largest absolute Gasteiger partial charge is 0.326 e. The fourth-order valence-corrected chi connectivity index (χ4v) is 3.64. The lowest BCUT2D eigenvalue weighted by Gasteiger charge is -2.18. The lowest BCUT2D eigenvalue weighted by molar-refractivity contribution is -0.118. The molecule has 0 aromatic heterocycles. The minimum absolute atomic E-state index is 0.0438. The normalized spacial score (nSPS) is 24.1. The molecule has 0 radical (unpaired) electrons. The van der Waals surface area contributed by atoms with Crippen LogP contribution in [0.3, 0.4) is 0 Å². The van der Waals surface area contributed by atoms with Crippen molar-refractivity contribution in [2.45, 2.75) is 6.04 Å². The summed E-state index contributed by atoms with van der Waals surface area (Å²) in [5, 5.41) is 0.645. The number of amides is 1. The molecule has 0 saturated carbocycles. The number of hydrogen-bond donors (Lipinski definition) is 0. The predicted octanol–water partition coefficient (Wildman–Crippen LogP) is 1.69. The molecule has 3 rings (SSSR count). The molecule has 0 N–H and O–H groups in total. The van der Waals surface area contributed by atoms with Crippen LogP contribution in [0.5, 0.6) is 0 Å². The number of thiocarbonyl (C=S) groups is 1. The fourth-order valence-electron chi connectivity index (χ4n) is 2.02. The summed E-state index contributed by atoms with van der Waals surface area (Å²) in [6.45, 7) is 0. The van der Waals surface area contributed by atoms with Crippen LogP contribution in [0.4, 0.5) is 5.69 Å². The van der Waals surface area contributed by atoms with Crippen molar-refractivity contribution in [3.63, 3.8) is 0 Å². The first-order valence-corrected chi connectivity index (χ1v) is 6.63. The van der Waals surface area contributed by atoms with E-state index in [4.69, 9.17) is 12.2 Å². The molecule has 0 bridgehead atoms. The summed E-state index contributed by atoms with van der Waals surface area (Å²) in [5.74, 6) is 1.79. The molecule has 2 aliphatic rings. The lowest BCUT2D eigenvalue weighted by atomic mass is 10.2. The number of para-hydroxylation sites is 1. The zero-order chi connectivity index (χ0) is 11.1. The van der Waals surface area contributed by atoms with Gasteiger partial charge in [-0.15, -0.1) is 11.8 Å². The van der Waals surface area contributed by atoms with E-state index in [1.807, 2.05) is 35.2 Å². The number of thioether (sulfide) groups is 1. The minimum Gasteiger partial charge on any atom is -0.326 e. The Morgan fingerprint density at radius 1 is 1.31 bits per heavy atom. The molecular weight excluding hydrogens is 240 g/mol. The van der Waals surface area contributed by atoms with Gasteiger partial charge < -0.3 is 4.90 Å². The first kappa shape index (κ1) is 10.1. The number of hydrogen-bond acceptors (Lipinski definition) is 3. The highest BCUT2D eigenvalue weighted by Crippen LogP contribution is 2.32. The lowest BCUT2D eigenvalue weighted by Crippen LogP contribution is -2.32. The summed E-state index contributed by atoms with van der Waals surface area (Å²) >= 11 is 7.12. The van der Waals surface area contributed by atoms with Crippen molar-refractivity contribution in [1.82, 2.24) is 4.90 Å². The Labute approximate surface area is 103 Å². The van der Waals surface area contributed by atoms with E-state index >= 15 is 0 Å². The van der Waals surface area contributed by atoms with E-state index in [0.717, 1.165) is 17.3 Å². The third-order valence-corrected chi connectivity index (χ3v) is 4.27. The van der Waals surface area contributed by atoms with Crippen LogP contribution >= 0.6 is 24.0 Å². The number of fused-ring (bicyclic) bond motifs is 1. The molecule has 0 aliphatic carbocycles. The van der Waals surface area contributed by atoms with E-state index in [9.17, 15) is 4.79 Å². The maximum atomic E-state index is 12.2. The van der Waals surface area contributed by atoms with Crippen LogP contribution in [0.15, 0.2) is 30.3 Å². The van der Waals surface area contributed by atoms with Crippen molar-refractivity contribution in [3.8, 4) is 0 Å². The summed E-state index contributed by atoms with van der Waals surface area (Å²) < 4.78 is 0. The number of rotatable bonds is 1. The Morgan fingerprint density at radius 3 is 2.75 bits per heavy atom. The zero-order valence-corrected chi connectivity index (χ0v) is 10.1. The van der Waals surface area contributed by atoms with Gasteiger partial charge in [0.1, 0.15) is 6.04 Å². The van der Waals surface area contributed by atoms with Gasteiger partial charge in [0.2, 0.25) is 0 Å². The predicted molar refractivity (Wildman–Crippen MR) is 69.5 cm³/mol. The number of carbonyl (C=O) groups is 1. The van der Waals surface area contributed by atoms with Crippen molar-refractivity contribution in [2.75, 3.05) is 16.5 Å². The van der Waals surface area contributed by atoms with Crippen LogP contribution in [-0.4, -0.2) is 33.6 Å². The SMILES string of the molecule is O=C1C2CSCN2C(=S)N1c1ccccc1. The summed E-state index contributed by atoms with van der Waals surface area (Å²) in [7, 11) is 0. The molecule has 1 atom stereocenters. The van der Waals surface area contributed by atoms with Gasteiger partial charge in [0.15, 0.2) is 5.11 Å². The maximum Gasteiger partial charge on any atom is 0.256 e. The molecule has 1 unspecified atom stereocenters. The van der Waals surface area contributed by atoms with Crippen LogP contribution in [0, 0.1) is 0 Å². The van der Waals surface area contributed by atoms with E-state index in [-0.39, 0.29) is 11.9 Å². The van der Waals surface area contributed by atoms with Crippen molar-refractivity contribution in [3.05, 3.63) is 30.3 Å². The van der Waals surface area contributed by atoms with Crippen molar-refractivity contribution >= 4 is 40.7 Å². The monoisotopic (exact) mass is 250 g/mol. The first-order valence-electron chi connectivity index (χ1n) is 5.06. The highest BCUT2D eigenvalue weighted by atomic mass is 32.2. The van der Waals surface area contributed by atoms with Crippen LogP contribution in [0.2, 0.25) is 0 Å². The average Bonchev–Trinajstić information content (AvgIpc) is 2.86. The second-order valence-corrected chi connectivity index (χ2v) is 5.14. The highest BCUT2D eigenvalue weighted by Gasteiger charge is 2.45. The topological polar surface area (TPSA) is 23.6 Å². The Hall–Kier alpha value is -1.07. The van der Waals surface area contributed by atoms with Crippen molar-refractivity contribution in [1.29, 1.82) is 0 Å². The van der Waals surface area contributed by atoms with Crippen molar-refractivity contribution < 1.29 is 4.79 Å². The van der Waals surface area contributed by atoms with Gasteiger partial charge in [-0.3, -0.25) is 9.69 Å². The second-order valence-electron chi connectivity index (χ2n) is 3.78. The summed E-state index contributed by atoms with van der Waals surface area (Å²) in [4.78, 5) is 15.8. The molecule has 1 aromatic rings. The molecule has 2 aliphatic heterocycles. The molecule has 3 nitrogen and oxygen atoms in total. The molecule has 1 aromatic carbocycles. The maximum absolute atomic E-state index is 12.2. The summed E-state index contributed by atoms with van der Waals surface area (Å²) in [5.41, 5.74) is 0.872. The Bertz CT molecular complexity index is 427. The van der Waals surface area contributed by atoms with E-state index in [1.54, 1.807) is 16.7 Å². The van der Waals surface area contributed by atoms with E-state index < -0.39 is 0 Å². The van der Waals surface area contributed by atoms with Gasteiger partial charge in [0, 0.05) is 5.75 Å². The number of benzene rings is 1. The second kappa shape index (κ2) is 3.75. The third-order valence-electron chi connectivity index (χ3n) is 2.84.